The molecule has 1 atom stereocenters. The molecule has 1 aliphatic rings. The van der Waals surface area contributed by atoms with Crippen LogP contribution in [0.25, 0.3) is 0 Å². The average Bonchev–Trinajstić information content (AvgIpc) is 3.20. The van der Waals surface area contributed by atoms with E-state index in [0.717, 1.165) is 45.4 Å². The summed E-state index contributed by atoms with van der Waals surface area (Å²) in [5.41, 5.74) is 0. The molecular formula is C19H28N4O3S. The monoisotopic (exact) mass is 392 g/mol. The molecule has 1 fully saturated rings. The van der Waals surface area contributed by atoms with E-state index in [1.165, 1.54) is 0 Å². The molecule has 8 heteroatoms. The molecule has 7 nitrogen and oxygen atoms in total. The van der Waals surface area contributed by atoms with E-state index in [1.54, 1.807) is 37.6 Å². The largest absolute Gasteiger partial charge is 0.497 e. The van der Waals surface area contributed by atoms with E-state index in [1.807, 2.05) is 16.9 Å². The molecule has 0 spiro atoms. The Morgan fingerprint density at radius 2 is 2.07 bits per heavy atom. The Kier molecular flexibility index (Phi) is 6.87. The van der Waals surface area contributed by atoms with Gasteiger partial charge in [-0.2, -0.15) is 5.10 Å². The second-order valence-corrected chi connectivity index (χ2v) is 8.73. The van der Waals surface area contributed by atoms with Crippen molar-refractivity contribution in [2.45, 2.75) is 30.7 Å². The molecule has 0 aliphatic carbocycles. The van der Waals surface area contributed by atoms with Gasteiger partial charge in [-0.15, -0.1) is 0 Å². The van der Waals surface area contributed by atoms with Gasteiger partial charge in [0.15, 0.2) is 0 Å². The van der Waals surface area contributed by atoms with Crippen LogP contribution < -0.4 is 9.46 Å². The van der Waals surface area contributed by atoms with Crippen molar-refractivity contribution < 1.29 is 13.2 Å². The predicted molar refractivity (Wildman–Crippen MR) is 104 cm³/mol. The topological polar surface area (TPSA) is 76.5 Å². The first-order valence-corrected chi connectivity index (χ1v) is 10.9. The van der Waals surface area contributed by atoms with Crippen LogP contribution in [0.3, 0.4) is 0 Å². The minimum Gasteiger partial charge on any atom is -0.497 e. The number of piperidine rings is 1. The third kappa shape index (κ3) is 5.79. The van der Waals surface area contributed by atoms with Gasteiger partial charge in [0, 0.05) is 32.0 Å². The quantitative estimate of drug-likeness (QED) is 0.706. The van der Waals surface area contributed by atoms with E-state index in [9.17, 15) is 8.42 Å². The average molecular weight is 393 g/mol. The van der Waals surface area contributed by atoms with Crippen LogP contribution in [0.5, 0.6) is 5.75 Å². The van der Waals surface area contributed by atoms with Crippen molar-refractivity contribution in [3.8, 4) is 5.75 Å². The molecule has 148 valence electrons. The lowest BCUT2D eigenvalue weighted by Crippen LogP contribution is -2.41. The van der Waals surface area contributed by atoms with Crippen LogP contribution >= 0.6 is 0 Å². The lowest BCUT2D eigenvalue weighted by Gasteiger charge is -2.32. The molecule has 1 N–H and O–H groups in total. The van der Waals surface area contributed by atoms with Crippen LogP contribution in [0.15, 0.2) is 47.6 Å². The number of ether oxygens (including phenoxy) is 1. The third-order valence-corrected chi connectivity index (χ3v) is 6.40. The van der Waals surface area contributed by atoms with Gasteiger partial charge in [0.25, 0.3) is 0 Å². The summed E-state index contributed by atoms with van der Waals surface area (Å²) >= 11 is 0. The third-order valence-electron chi connectivity index (χ3n) is 4.96. The van der Waals surface area contributed by atoms with Gasteiger partial charge < -0.3 is 9.64 Å². The minimum absolute atomic E-state index is 0.273. The number of hydrogen-bond acceptors (Lipinski definition) is 5. The van der Waals surface area contributed by atoms with Gasteiger partial charge in [0.1, 0.15) is 5.75 Å². The van der Waals surface area contributed by atoms with Crippen molar-refractivity contribution in [2.75, 3.05) is 33.3 Å². The fourth-order valence-electron chi connectivity index (χ4n) is 3.48. The molecule has 27 heavy (non-hydrogen) atoms. The number of methoxy groups -OCH3 is 1. The molecule has 1 aliphatic heterocycles. The van der Waals surface area contributed by atoms with E-state index < -0.39 is 10.0 Å². The van der Waals surface area contributed by atoms with E-state index in [0.29, 0.717) is 18.2 Å². The molecule has 3 rings (SSSR count). The number of hydrogen-bond donors (Lipinski definition) is 1. The number of aromatic nitrogens is 2. The highest BCUT2D eigenvalue weighted by Crippen LogP contribution is 2.18. The van der Waals surface area contributed by atoms with Crippen molar-refractivity contribution in [2.24, 2.45) is 5.92 Å². The Morgan fingerprint density at radius 3 is 2.78 bits per heavy atom. The summed E-state index contributed by atoms with van der Waals surface area (Å²) in [6.07, 6.45) is 6.99. The van der Waals surface area contributed by atoms with Crippen LogP contribution in [0.1, 0.15) is 19.3 Å². The molecule has 0 unspecified atom stereocenters. The molecular weight excluding hydrogens is 364 g/mol. The molecule has 1 aromatic carbocycles. The van der Waals surface area contributed by atoms with E-state index in [4.69, 9.17) is 4.74 Å². The summed E-state index contributed by atoms with van der Waals surface area (Å²) in [6, 6.07) is 8.41. The molecule has 2 heterocycles. The standard InChI is InChI=1S/C19H28N4O3S/c1-26-18-6-8-19(9-7-18)27(24,25)21-15-17-5-2-11-22(16-17)12-4-14-23-13-3-10-20-23/h3,6-10,13,17,21H,2,4-5,11-12,14-16H2,1H3/t17-/m1/s1. The zero-order valence-electron chi connectivity index (χ0n) is 15.8. The highest BCUT2D eigenvalue weighted by molar-refractivity contribution is 7.89. The van der Waals surface area contributed by atoms with Crippen molar-refractivity contribution >= 4 is 10.0 Å². The molecule has 0 amide bonds. The zero-order valence-corrected chi connectivity index (χ0v) is 16.6. The van der Waals surface area contributed by atoms with Crippen LogP contribution in [0.4, 0.5) is 0 Å². The Bertz CT molecular complexity index is 791. The van der Waals surface area contributed by atoms with Crippen molar-refractivity contribution in [3.05, 3.63) is 42.7 Å². The number of nitrogens with zero attached hydrogens (tertiary/aromatic N) is 3. The molecule has 2 aromatic rings. The first-order valence-electron chi connectivity index (χ1n) is 9.40. The maximum atomic E-state index is 12.5. The fourth-order valence-corrected chi connectivity index (χ4v) is 4.59. The molecule has 0 saturated carbocycles. The molecule has 1 aromatic heterocycles. The van der Waals surface area contributed by atoms with Gasteiger partial charge in [-0.1, -0.05) is 0 Å². The maximum Gasteiger partial charge on any atom is 0.240 e. The summed E-state index contributed by atoms with van der Waals surface area (Å²) in [7, 11) is -1.92. The minimum atomic E-state index is -3.48. The number of nitrogens with one attached hydrogen (secondary N) is 1. The highest BCUT2D eigenvalue weighted by atomic mass is 32.2. The summed E-state index contributed by atoms with van der Waals surface area (Å²) < 4.78 is 34.8. The Hall–Kier alpha value is -1.90. The Morgan fingerprint density at radius 1 is 1.26 bits per heavy atom. The van der Waals surface area contributed by atoms with Crippen LogP contribution in [-0.2, 0) is 16.6 Å². The van der Waals surface area contributed by atoms with Crippen molar-refractivity contribution in [1.82, 2.24) is 19.4 Å². The van der Waals surface area contributed by atoms with E-state index >= 15 is 0 Å². The maximum absolute atomic E-state index is 12.5. The summed E-state index contributed by atoms with van der Waals surface area (Å²) in [5.74, 6) is 0.989. The van der Waals surface area contributed by atoms with Crippen LogP contribution in [0, 0.1) is 5.92 Å². The van der Waals surface area contributed by atoms with Gasteiger partial charge >= 0.3 is 0 Å². The highest BCUT2D eigenvalue weighted by Gasteiger charge is 2.22. The number of sulfonamides is 1. The van der Waals surface area contributed by atoms with Gasteiger partial charge in [0.2, 0.25) is 10.0 Å². The second kappa shape index (κ2) is 9.34. The van der Waals surface area contributed by atoms with Gasteiger partial charge in [-0.05, 0) is 68.6 Å². The van der Waals surface area contributed by atoms with Crippen LogP contribution in [0.2, 0.25) is 0 Å². The SMILES string of the molecule is COc1ccc(S(=O)(=O)NC[C@H]2CCCN(CCCn3cccn3)C2)cc1. The predicted octanol–water partition coefficient (Wildman–Crippen LogP) is 1.97. The first kappa shape index (κ1) is 19.9. The number of benzene rings is 1. The fraction of sp³-hybridized carbons (Fsp3) is 0.526. The van der Waals surface area contributed by atoms with Crippen LogP contribution in [-0.4, -0.2) is 56.4 Å². The zero-order chi connectivity index (χ0) is 19.1. The molecule has 0 bridgehead atoms. The summed E-state index contributed by atoms with van der Waals surface area (Å²) in [6.45, 7) is 4.43. The normalized spacial score (nSPS) is 18.5. The van der Waals surface area contributed by atoms with Gasteiger partial charge in [0.05, 0.1) is 12.0 Å². The number of rotatable bonds is 9. The van der Waals surface area contributed by atoms with Crippen molar-refractivity contribution in [1.29, 1.82) is 0 Å². The lowest BCUT2D eigenvalue weighted by atomic mass is 9.98. The molecule has 1 saturated heterocycles. The Labute approximate surface area is 161 Å². The summed E-state index contributed by atoms with van der Waals surface area (Å²) in [5, 5.41) is 4.22. The molecule has 0 radical (unpaired) electrons. The van der Waals surface area contributed by atoms with E-state index in [2.05, 4.69) is 14.7 Å². The van der Waals surface area contributed by atoms with E-state index in [-0.39, 0.29) is 4.90 Å². The second-order valence-electron chi connectivity index (χ2n) is 6.96. The van der Waals surface area contributed by atoms with Gasteiger partial charge in [-0.3, -0.25) is 4.68 Å². The summed E-state index contributed by atoms with van der Waals surface area (Å²) in [4.78, 5) is 2.70. The first-order chi connectivity index (χ1) is 13.1. The van der Waals surface area contributed by atoms with Crippen molar-refractivity contribution in [3.63, 3.8) is 0 Å². The van der Waals surface area contributed by atoms with Gasteiger partial charge in [-0.25, -0.2) is 13.1 Å². The smallest absolute Gasteiger partial charge is 0.240 e. The number of likely N-dealkylation sites (tertiary alicyclic amines) is 1. The number of aryl methyl sites for hydroxylation is 1. The Balaban J connectivity index is 1.45. The lowest BCUT2D eigenvalue weighted by molar-refractivity contribution is 0.171.